The van der Waals surface area contributed by atoms with Crippen molar-refractivity contribution in [2.45, 2.75) is 13.3 Å². The van der Waals surface area contributed by atoms with Gasteiger partial charge in [0.25, 0.3) is 5.91 Å². The highest BCUT2D eigenvalue weighted by Gasteiger charge is 2.14. The van der Waals surface area contributed by atoms with Gasteiger partial charge in [-0.1, -0.05) is 48.0 Å². The molecule has 3 aromatic rings. The first-order valence-corrected chi connectivity index (χ1v) is 9.14. The van der Waals surface area contributed by atoms with Crippen LogP contribution < -0.4 is 10.6 Å². The van der Waals surface area contributed by atoms with Crippen molar-refractivity contribution in [3.05, 3.63) is 75.8 Å². The maximum Gasteiger partial charge on any atom is 0.275 e. The van der Waals surface area contributed by atoms with E-state index in [0.717, 1.165) is 11.1 Å². The van der Waals surface area contributed by atoms with Crippen molar-refractivity contribution < 1.29 is 9.59 Å². The molecule has 2 N–H and O–H groups in total. The van der Waals surface area contributed by atoms with E-state index in [1.54, 1.807) is 17.5 Å². The summed E-state index contributed by atoms with van der Waals surface area (Å²) in [6.45, 7) is 1.88. The monoisotopic (exact) mass is 385 g/mol. The SMILES string of the molecule is Cc1ccc(Cl)cc1NC(=O)c1csc(NC(=O)Cc2ccccc2)n1. The number of nitrogens with zero attached hydrogens (tertiary/aromatic N) is 1. The number of anilines is 2. The van der Waals surface area contributed by atoms with Crippen molar-refractivity contribution >= 4 is 45.6 Å². The molecule has 1 heterocycles. The number of rotatable bonds is 5. The predicted molar refractivity (Wildman–Crippen MR) is 105 cm³/mol. The Labute approximate surface area is 160 Å². The van der Waals surface area contributed by atoms with Crippen molar-refractivity contribution in [3.8, 4) is 0 Å². The molecule has 0 saturated heterocycles. The molecule has 0 atom stereocenters. The van der Waals surface area contributed by atoms with Gasteiger partial charge in [-0.2, -0.15) is 0 Å². The number of carbonyl (C=O) groups is 2. The number of benzene rings is 2. The minimum absolute atomic E-state index is 0.178. The van der Waals surface area contributed by atoms with Gasteiger partial charge in [-0.3, -0.25) is 9.59 Å². The summed E-state index contributed by atoms with van der Waals surface area (Å²) >= 11 is 7.17. The number of hydrogen-bond acceptors (Lipinski definition) is 4. The summed E-state index contributed by atoms with van der Waals surface area (Å²) in [6, 6.07) is 14.7. The number of halogens is 1. The molecule has 3 rings (SSSR count). The van der Waals surface area contributed by atoms with Crippen molar-refractivity contribution in [2.75, 3.05) is 10.6 Å². The Morgan fingerprint density at radius 1 is 1.12 bits per heavy atom. The lowest BCUT2D eigenvalue weighted by Crippen LogP contribution is -2.16. The van der Waals surface area contributed by atoms with Crippen LogP contribution in [0, 0.1) is 6.92 Å². The molecule has 0 fully saturated rings. The number of nitrogens with one attached hydrogen (secondary N) is 2. The summed E-state index contributed by atoms with van der Waals surface area (Å²) in [5.74, 6) is -0.529. The summed E-state index contributed by atoms with van der Waals surface area (Å²) < 4.78 is 0. The van der Waals surface area contributed by atoms with E-state index in [9.17, 15) is 9.59 Å². The summed E-state index contributed by atoms with van der Waals surface area (Å²) in [6.07, 6.45) is 0.254. The summed E-state index contributed by atoms with van der Waals surface area (Å²) in [5.41, 5.74) is 2.68. The predicted octanol–water partition coefficient (Wildman–Crippen LogP) is 4.54. The zero-order valence-electron chi connectivity index (χ0n) is 14.0. The molecule has 0 aliphatic heterocycles. The van der Waals surface area contributed by atoms with E-state index < -0.39 is 0 Å². The maximum absolute atomic E-state index is 12.3. The molecule has 0 radical (unpaired) electrons. The molecule has 132 valence electrons. The second kappa shape index (κ2) is 8.12. The Hall–Kier alpha value is -2.70. The molecule has 5 nitrogen and oxygen atoms in total. The van der Waals surface area contributed by atoms with Gasteiger partial charge in [0.1, 0.15) is 5.69 Å². The van der Waals surface area contributed by atoms with Crippen molar-refractivity contribution in [3.63, 3.8) is 0 Å². The van der Waals surface area contributed by atoms with Crippen LogP contribution in [0.3, 0.4) is 0 Å². The largest absolute Gasteiger partial charge is 0.320 e. The summed E-state index contributed by atoms with van der Waals surface area (Å²) in [4.78, 5) is 28.6. The third-order valence-corrected chi connectivity index (χ3v) is 4.63. The topological polar surface area (TPSA) is 71.1 Å². The highest BCUT2D eigenvalue weighted by molar-refractivity contribution is 7.14. The minimum Gasteiger partial charge on any atom is -0.320 e. The zero-order chi connectivity index (χ0) is 18.5. The van der Waals surface area contributed by atoms with Gasteiger partial charge in [-0.05, 0) is 30.2 Å². The summed E-state index contributed by atoms with van der Waals surface area (Å²) in [5, 5.41) is 8.03. The van der Waals surface area contributed by atoms with E-state index >= 15 is 0 Å². The smallest absolute Gasteiger partial charge is 0.275 e. The third kappa shape index (κ3) is 4.68. The molecule has 26 heavy (non-hydrogen) atoms. The lowest BCUT2D eigenvalue weighted by Gasteiger charge is -2.07. The second-order valence-corrected chi connectivity index (χ2v) is 6.96. The Balaban J connectivity index is 1.62. The molecule has 2 amide bonds. The van der Waals surface area contributed by atoms with Gasteiger partial charge in [-0.25, -0.2) is 4.98 Å². The lowest BCUT2D eigenvalue weighted by molar-refractivity contribution is -0.115. The molecule has 2 aromatic carbocycles. The van der Waals surface area contributed by atoms with Gasteiger partial charge in [0.15, 0.2) is 5.13 Å². The van der Waals surface area contributed by atoms with Crippen LogP contribution in [0.15, 0.2) is 53.9 Å². The van der Waals surface area contributed by atoms with Crippen LogP contribution >= 0.6 is 22.9 Å². The Bertz CT molecular complexity index is 941. The number of hydrogen-bond donors (Lipinski definition) is 2. The quantitative estimate of drug-likeness (QED) is 0.677. The fraction of sp³-hybridized carbons (Fsp3) is 0.105. The van der Waals surface area contributed by atoms with Crippen molar-refractivity contribution in [1.29, 1.82) is 0 Å². The van der Waals surface area contributed by atoms with Gasteiger partial charge >= 0.3 is 0 Å². The van der Waals surface area contributed by atoms with Gasteiger partial charge in [0, 0.05) is 16.1 Å². The van der Waals surface area contributed by atoms with Crippen LogP contribution in [0.2, 0.25) is 5.02 Å². The van der Waals surface area contributed by atoms with Gasteiger partial charge in [-0.15, -0.1) is 11.3 Å². The van der Waals surface area contributed by atoms with Crippen LogP contribution in [-0.2, 0) is 11.2 Å². The zero-order valence-corrected chi connectivity index (χ0v) is 15.5. The first-order chi connectivity index (χ1) is 12.5. The molecular weight excluding hydrogens is 370 g/mol. The molecule has 0 bridgehead atoms. The van der Waals surface area contributed by atoms with Crippen molar-refractivity contribution in [2.24, 2.45) is 0 Å². The molecule has 0 saturated carbocycles. The lowest BCUT2D eigenvalue weighted by atomic mass is 10.1. The average Bonchev–Trinajstić information content (AvgIpc) is 3.07. The minimum atomic E-state index is -0.352. The number of aryl methyl sites for hydroxylation is 1. The van der Waals surface area contributed by atoms with Crippen molar-refractivity contribution in [1.82, 2.24) is 4.98 Å². The number of aromatic nitrogens is 1. The molecular formula is C19H16ClN3O2S. The van der Waals surface area contributed by atoms with Crippen LogP contribution in [0.4, 0.5) is 10.8 Å². The number of carbonyl (C=O) groups excluding carboxylic acids is 2. The maximum atomic E-state index is 12.3. The van der Waals surface area contributed by atoms with E-state index in [0.29, 0.717) is 15.8 Å². The average molecular weight is 386 g/mol. The first kappa shape index (κ1) is 18.1. The van der Waals surface area contributed by atoms with E-state index in [2.05, 4.69) is 15.6 Å². The molecule has 0 aliphatic rings. The molecule has 7 heteroatoms. The number of amides is 2. The third-order valence-electron chi connectivity index (χ3n) is 3.64. The standard InChI is InChI=1S/C19H16ClN3O2S/c1-12-7-8-14(20)10-15(12)21-18(25)16-11-26-19(22-16)23-17(24)9-13-5-3-2-4-6-13/h2-8,10-11H,9H2,1H3,(H,21,25)(H,22,23,24). The first-order valence-electron chi connectivity index (χ1n) is 7.88. The van der Waals surface area contributed by atoms with E-state index in [1.807, 2.05) is 43.3 Å². The molecule has 1 aromatic heterocycles. The molecule has 0 aliphatic carbocycles. The van der Waals surface area contributed by atoms with Crippen LogP contribution in [0.5, 0.6) is 0 Å². The Morgan fingerprint density at radius 3 is 2.65 bits per heavy atom. The fourth-order valence-electron chi connectivity index (χ4n) is 2.30. The number of thiazole rings is 1. The second-order valence-electron chi connectivity index (χ2n) is 5.66. The van der Waals surface area contributed by atoms with Crippen LogP contribution in [0.25, 0.3) is 0 Å². The Kier molecular flexibility index (Phi) is 5.65. The van der Waals surface area contributed by atoms with E-state index in [-0.39, 0.29) is 23.9 Å². The fourth-order valence-corrected chi connectivity index (χ4v) is 3.17. The van der Waals surface area contributed by atoms with E-state index in [4.69, 9.17) is 11.6 Å². The highest BCUT2D eigenvalue weighted by Crippen LogP contribution is 2.22. The van der Waals surface area contributed by atoms with Crippen LogP contribution in [-0.4, -0.2) is 16.8 Å². The van der Waals surface area contributed by atoms with Crippen LogP contribution in [0.1, 0.15) is 21.6 Å². The summed E-state index contributed by atoms with van der Waals surface area (Å²) in [7, 11) is 0. The highest BCUT2D eigenvalue weighted by atomic mass is 35.5. The Morgan fingerprint density at radius 2 is 1.88 bits per heavy atom. The van der Waals surface area contributed by atoms with Gasteiger partial charge in [0.2, 0.25) is 5.91 Å². The normalized spacial score (nSPS) is 10.4. The molecule has 0 unspecified atom stereocenters. The van der Waals surface area contributed by atoms with Gasteiger partial charge in [0.05, 0.1) is 6.42 Å². The van der Waals surface area contributed by atoms with E-state index in [1.165, 1.54) is 11.3 Å². The molecule has 0 spiro atoms. The van der Waals surface area contributed by atoms with Gasteiger partial charge < -0.3 is 10.6 Å².